The van der Waals surface area contributed by atoms with E-state index < -0.39 is 0 Å². The van der Waals surface area contributed by atoms with Crippen LogP contribution in [-0.4, -0.2) is 62.2 Å². The third kappa shape index (κ3) is 3.37. The van der Waals surface area contributed by atoms with Crippen LogP contribution >= 0.6 is 0 Å². The van der Waals surface area contributed by atoms with E-state index in [9.17, 15) is 0 Å². The molecular weight excluding hydrogens is 246 g/mol. The van der Waals surface area contributed by atoms with Crippen LogP contribution in [0.5, 0.6) is 0 Å². The standard InChI is InChI=1S/C17H33N3/c1-19(2)17(9-4-10-17)13-20(3)12-11-18-16(14-5-6-14)15-7-8-15/h14-16,18H,4-13H2,1-3H3. The van der Waals surface area contributed by atoms with Crippen molar-refractivity contribution >= 4 is 0 Å². The van der Waals surface area contributed by atoms with Gasteiger partial charge >= 0.3 is 0 Å². The molecule has 0 saturated heterocycles. The second kappa shape index (κ2) is 5.94. The van der Waals surface area contributed by atoms with Crippen molar-refractivity contribution in [2.75, 3.05) is 40.8 Å². The van der Waals surface area contributed by atoms with Gasteiger partial charge in [-0.3, -0.25) is 0 Å². The topological polar surface area (TPSA) is 18.5 Å². The van der Waals surface area contributed by atoms with E-state index in [-0.39, 0.29) is 0 Å². The zero-order chi connectivity index (χ0) is 14.2. The highest BCUT2D eigenvalue weighted by atomic mass is 15.2. The summed E-state index contributed by atoms with van der Waals surface area (Å²) in [5, 5.41) is 3.87. The summed E-state index contributed by atoms with van der Waals surface area (Å²) >= 11 is 0. The summed E-state index contributed by atoms with van der Waals surface area (Å²) in [4.78, 5) is 5.00. The number of likely N-dealkylation sites (N-methyl/N-ethyl adjacent to an activating group) is 2. The first-order valence-electron chi connectivity index (χ1n) is 8.70. The molecule has 0 aromatic heterocycles. The fraction of sp³-hybridized carbons (Fsp3) is 1.00. The largest absolute Gasteiger partial charge is 0.312 e. The average molecular weight is 279 g/mol. The lowest BCUT2D eigenvalue weighted by Gasteiger charge is -2.49. The van der Waals surface area contributed by atoms with Crippen LogP contribution in [0.15, 0.2) is 0 Å². The molecule has 3 heteroatoms. The van der Waals surface area contributed by atoms with Crippen LogP contribution in [0.1, 0.15) is 44.9 Å². The van der Waals surface area contributed by atoms with Gasteiger partial charge in [-0.25, -0.2) is 0 Å². The summed E-state index contributed by atoms with van der Waals surface area (Å²) in [6.45, 7) is 3.61. The lowest BCUT2D eigenvalue weighted by Crippen LogP contribution is -2.57. The van der Waals surface area contributed by atoms with Crippen molar-refractivity contribution < 1.29 is 0 Å². The molecule has 3 nitrogen and oxygen atoms in total. The molecule has 0 heterocycles. The number of nitrogens with zero attached hydrogens (tertiary/aromatic N) is 2. The maximum absolute atomic E-state index is 3.87. The van der Waals surface area contributed by atoms with Gasteiger partial charge in [-0.15, -0.1) is 0 Å². The van der Waals surface area contributed by atoms with Gasteiger partial charge in [0.15, 0.2) is 0 Å². The van der Waals surface area contributed by atoms with Crippen molar-refractivity contribution in [3.8, 4) is 0 Å². The molecule has 0 unspecified atom stereocenters. The third-order valence-corrected chi connectivity index (χ3v) is 5.93. The van der Waals surface area contributed by atoms with Gasteiger partial charge in [0.1, 0.15) is 0 Å². The number of hydrogen-bond donors (Lipinski definition) is 1. The lowest BCUT2D eigenvalue weighted by molar-refractivity contribution is 0.0279. The van der Waals surface area contributed by atoms with Gasteiger partial charge in [0.2, 0.25) is 0 Å². The second-order valence-corrected chi connectivity index (χ2v) is 7.86. The van der Waals surface area contributed by atoms with Gasteiger partial charge < -0.3 is 15.1 Å². The van der Waals surface area contributed by atoms with Crippen LogP contribution in [-0.2, 0) is 0 Å². The molecule has 3 aliphatic carbocycles. The normalized spacial score (nSPS) is 25.5. The molecule has 0 bridgehead atoms. The van der Waals surface area contributed by atoms with Crippen LogP contribution < -0.4 is 5.32 Å². The second-order valence-electron chi connectivity index (χ2n) is 7.86. The summed E-state index contributed by atoms with van der Waals surface area (Å²) in [5.41, 5.74) is 0.473. The Morgan fingerprint density at radius 3 is 2.05 bits per heavy atom. The predicted molar refractivity (Wildman–Crippen MR) is 85.0 cm³/mol. The average Bonchev–Trinajstić information content (AvgIpc) is 3.22. The van der Waals surface area contributed by atoms with Crippen molar-refractivity contribution in [2.24, 2.45) is 11.8 Å². The van der Waals surface area contributed by atoms with Crippen molar-refractivity contribution in [1.29, 1.82) is 0 Å². The van der Waals surface area contributed by atoms with E-state index in [1.54, 1.807) is 0 Å². The van der Waals surface area contributed by atoms with Gasteiger partial charge in [-0.2, -0.15) is 0 Å². The molecule has 116 valence electrons. The van der Waals surface area contributed by atoms with Gasteiger partial charge in [-0.1, -0.05) is 0 Å². The van der Waals surface area contributed by atoms with Crippen molar-refractivity contribution in [3.05, 3.63) is 0 Å². The van der Waals surface area contributed by atoms with Crippen LogP contribution in [0.3, 0.4) is 0 Å². The van der Waals surface area contributed by atoms with E-state index in [0.29, 0.717) is 5.54 Å². The highest BCUT2D eigenvalue weighted by Crippen LogP contribution is 2.44. The van der Waals surface area contributed by atoms with E-state index in [2.05, 4.69) is 36.3 Å². The summed E-state index contributed by atoms with van der Waals surface area (Å²) in [6.07, 6.45) is 10.1. The maximum Gasteiger partial charge on any atom is 0.0330 e. The molecule has 20 heavy (non-hydrogen) atoms. The molecule has 0 amide bonds. The molecule has 3 rings (SSSR count). The minimum absolute atomic E-state index is 0.473. The fourth-order valence-corrected chi connectivity index (χ4v) is 3.96. The van der Waals surface area contributed by atoms with Gasteiger partial charge in [0, 0.05) is 31.2 Å². The van der Waals surface area contributed by atoms with Gasteiger partial charge in [-0.05, 0) is 77.9 Å². The van der Waals surface area contributed by atoms with E-state index in [4.69, 9.17) is 0 Å². The molecule has 0 atom stereocenters. The Morgan fingerprint density at radius 1 is 1.05 bits per heavy atom. The minimum Gasteiger partial charge on any atom is -0.312 e. The number of nitrogens with one attached hydrogen (secondary N) is 1. The Kier molecular flexibility index (Phi) is 4.40. The zero-order valence-corrected chi connectivity index (χ0v) is 13.7. The molecule has 0 radical (unpaired) electrons. The number of hydrogen-bond acceptors (Lipinski definition) is 3. The zero-order valence-electron chi connectivity index (χ0n) is 13.7. The van der Waals surface area contributed by atoms with Gasteiger partial charge in [0.25, 0.3) is 0 Å². The van der Waals surface area contributed by atoms with Crippen LogP contribution in [0.4, 0.5) is 0 Å². The summed E-state index contributed by atoms with van der Waals surface area (Å²) in [6, 6.07) is 0.856. The molecular formula is C17H33N3. The molecule has 0 aliphatic heterocycles. The van der Waals surface area contributed by atoms with Crippen LogP contribution in [0.25, 0.3) is 0 Å². The molecule has 3 aliphatic rings. The smallest absolute Gasteiger partial charge is 0.0330 e. The fourth-order valence-electron chi connectivity index (χ4n) is 3.96. The Balaban J connectivity index is 1.37. The minimum atomic E-state index is 0.473. The molecule has 0 aromatic carbocycles. The first kappa shape index (κ1) is 14.8. The molecule has 0 spiro atoms. The van der Waals surface area contributed by atoms with Crippen LogP contribution in [0, 0.1) is 11.8 Å². The first-order chi connectivity index (χ1) is 9.61. The van der Waals surface area contributed by atoms with Gasteiger partial charge in [0.05, 0.1) is 0 Å². The molecule has 3 fully saturated rings. The van der Waals surface area contributed by atoms with E-state index in [1.165, 1.54) is 64.6 Å². The quantitative estimate of drug-likeness (QED) is 0.698. The monoisotopic (exact) mass is 279 g/mol. The summed E-state index contributed by atoms with van der Waals surface area (Å²) in [5.74, 6) is 2.04. The Hall–Kier alpha value is -0.120. The highest BCUT2D eigenvalue weighted by molar-refractivity contribution is 4.98. The SMILES string of the molecule is CN(CCNC(C1CC1)C1CC1)CC1(N(C)C)CCC1. The first-order valence-corrected chi connectivity index (χ1v) is 8.70. The van der Waals surface area contributed by atoms with Crippen molar-refractivity contribution in [3.63, 3.8) is 0 Å². The third-order valence-electron chi connectivity index (χ3n) is 5.93. The van der Waals surface area contributed by atoms with Crippen molar-refractivity contribution in [2.45, 2.75) is 56.5 Å². The van der Waals surface area contributed by atoms with Crippen molar-refractivity contribution in [1.82, 2.24) is 15.1 Å². The van der Waals surface area contributed by atoms with Crippen LogP contribution in [0.2, 0.25) is 0 Å². The number of rotatable bonds is 9. The summed E-state index contributed by atoms with van der Waals surface area (Å²) < 4.78 is 0. The van der Waals surface area contributed by atoms with E-state index >= 15 is 0 Å². The van der Waals surface area contributed by atoms with E-state index in [1.807, 2.05) is 0 Å². The highest BCUT2D eigenvalue weighted by Gasteiger charge is 2.41. The molecule has 1 N–H and O–H groups in total. The maximum atomic E-state index is 3.87. The van der Waals surface area contributed by atoms with E-state index in [0.717, 1.165) is 17.9 Å². The lowest BCUT2D eigenvalue weighted by atomic mass is 9.75. The summed E-state index contributed by atoms with van der Waals surface area (Å²) in [7, 11) is 6.80. The predicted octanol–water partition coefficient (Wildman–Crippen LogP) is 2.18. The Morgan fingerprint density at radius 2 is 1.65 bits per heavy atom. The Bertz CT molecular complexity index is 304. The molecule has 0 aromatic rings. The molecule has 3 saturated carbocycles. The Labute approximate surface area is 125 Å².